The van der Waals surface area contributed by atoms with E-state index >= 15 is 0 Å². The zero-order valence-corrected chi connectivity index (χ0v) is 13.6. The third-order valence-corrected chi connectivity index (χ3v) is 5.62. The lowest BCUT2D eigenvalue weighted by Crippen LogP contribution is -2.47. The summed E-state index contributed by atoms with van der Waals surface area (Å²) in [4.78, 5) is 14.2. The van der Waals surface area contributed by atoms with Gasteiger partial charge in [-0.3, -0.25) is 4.79 Å². The average molecular weight is 328 g/mol. The van der Waals surface area contributed by atoms with Crippen LogP contribution in [0.1, 0.15) is 20.3 Å². The topological polar surface area (TPSA) is 66.5 Å². The fourth-order valence-corrected chi connectivity index (χ4v) is 4.45. The Balaban J connectivity index is 2.03. The van der Waals surface area contributed by atoms with Crippen molar-refractivity contribution >= 4 is 21.4 Å². The number of benzene rings is 1. The summed E-state index contributed by atoms with van der Waals surface area (Å²) in [5, 5.41) is 3.02. The number of hydrogen-bond donors (Lipinski definition) is 1. The summed E-state index contributed by atoms with van der Waals surface area (Å²) >= 11 is 0. The number of likely N-dealkylation sites (N-methyl/N-ethyl adjacent to an activating group) is 1. The highest BCUT2D eigenvalue weighted by Gasteiger charge is 2.35. The summed E-state index contributed by atoms with van der Waals surface area (Å²) in [6.07, 6.45) is 0.491. The van der Waals surface area contributed by atoms with E-state index in [4.69, 9.17) is 0 Å². The van der Waals surface area contributed by atoms with Crippen molar-refractivity contribution < 1.29 is 17.6 Å². The summed E-state index contributed by atoms with van der Waals surface area (Å²) in [6, 6.07) is 5.01. The smallest absolute Gasteiger partial charge is 0.245 e. The first kappa shape index (κ1) is 16.7. The maximum Gasteiger partial charge on any atom is 0.245 e. The van der Waals surface area contributed by atoms with E-state index in [1.165, 1.54) is 12.1 Å². The first-order valence-corrected chi connectivity index (χ1v) is 9.17. The van der Waals surface area contributed by atoms with E-state index < -0.39 is 15.9 Å². The van der Waals surface area contributed by atoms with Crippen LogP contribution in [0, 0.1) is 5.82 Å². The summed E-state index contributed by atoms with van der Waals surface area (Å²) in [5.41, 5.74) is 0.650. The van der Waals surface area contributed by atoms with Crippen molar-refractivity contribution in [2.24, 2.45) is 0 Å². The van der Waals surface area contributed by atoms with Crippen molar-refractivity contribution in [3.63, 3.8) is 0 Å². The SMILES string of the molecule is CCN(C(=O)[C@H](C)Nc1ccc(F)cc1)[C@@H]1CCS(=O)(=O)C1. The minimum absolute atomic E-state index is 0.0375. The molecule has 1 aromatic carbocycles. The Morgan fingerprint density at radius 1 is 1.41 bits per heavy atom. The van der Waals surface area contributed by atoms with E-state index in [0.29, 0.717) is 18.7 Å². The van der Waals surface area contributed by atoms with Crippen LogP contribution in [0.3, 0.4) is 0 Å². The predicted octanol–water partition coefficient (Wildman–Crippen LogP) is 1.66. The van der Waals surface area contributed by atoms with E-state index in [-0.39, 0.29) is 29.3 Å². The van der Waals surface area contributed by atoms with Crippen LogP contribution in [0.4, 0.5) is 10.1 Å². The van der Waals surface area contributed by atoms with Gasteiger partial charge in [-0.2, -0.15) is 0 Å². The quantitative estimate of drug-likeness (QED) is 0.893. The van der Waals surface area contributed by atoms with Crippen molar-refractivity contribution in [3.05, 3.63) is 30.1 Å². The van der Waals surface area contributed by atoms with Crippen molar-refractivity contribution in [1.29, 1.82) is 0 Å². The maximum absolute atomic E-state index is 12.9. The summed E-state index contributed by atoms with van der Waals surface area (Å²) in [7, 11) is -3.03. The number of halogens is 1. The minimum atomic E-state index is -3.03. The van der Waals surface area contributed by atoms with Crippen molar-refractivity contribution in [1.82, 2.24) is 4.90 Å². The fraction of sp³-hybridized carbons (Fsp3) is 0.533. The molecule has 0 aliphatic carbocycles. The molecular formula is C15H21FN2O3S. The summed E-state index contributed by atoms with van der Waals surface area (Å²) < 4.78 is 36.1. The number of anilines is 1. The van der Waals surface area contributed by atoms with Crippen LogP contribution >= 0.6 is 0 Å². The van der Waals surface area contributed by atoms with Gasteiger partial charge in [-0.1, -0.05) is 0 Å². The number of carbonyl (C=O) groups is 1. The molecule has 1 aliphatic heterocycles. The van der Waals surface area contributed by atoms with Crippen molar-refractivity contribution in [2.75, 3.05) is 23.4 Å². The molecule has 1 heterocycles. The monoisotopic (exact) mass is 328 g/mol. The molecule has 1 aromatic rings. The normalized spacial score (nSPS) is 21.3. The molecule has 0 aromatic heterocycles. The van der Waals surface area contributed by atoms with Crippen LogP contribution in [0.25, 0.3) is 0 Å². The fourth-order valence-electron chi connectivity index (χ4n) is 2.72. The number of sulfone groups is 1. The van der Waals surface area contributed by atoms with Crippen molar-refractivity contribution in [2.45, 2.75) is 32.4 Å². The Kier molecular flexibility index (Phi) is 5.05. The number of rotatable bonds is 5. The van der Waals surface area contributed by atoms with Gasteiger partial charge in [0.25, 0.3) is 0 Å². The molecule has 5 nitrogen and oxygen atoms in total. The standard InChI is InChI=1S/C15H21FN2O3S/c1-3-18(14-8-9-22(20,21)10-14)15(19)11(2)17-13-6-4-12(16)5-7-13/h4-7,11,14,17H,3,8-10H2,1-2H3/t11-,14+/m0/s1. The molecule has 0 spiro atoms. The number of carbonyl (C=O) groups excluding carboxylic acids is 1. The molecule has 122 valence electrons. The molecule has 0 unspecified atom stereocenters. The number of hydrogen-bond acceptors (Lipinski definition) is 4. The highest BCUT2D eigenvalue weighted by Crippen LogP contribution is 2.19. The molecule has 0 radical (unpaired) electrons. The van der Waals surface area contributed by atoms with Gasteiger partial charge in [0.15, 0.2) is 9.84 Å². The Bertz CT molecular complexity index is 631. The molecular weight excluding hydrogens is 307 g/mol. The zero-order chi connectivity index (χ0) is 16.3. The van der Waals surface area contributed by atoms with Crippen LogP contribution in [0.15, 0.2) is 24.3 Å². The molecule has 22 heavy (non-hydrogen) atoms. The Morgan fingerprint density at radius 2 is 2.05 bits per heavy atom. The van der Waals surface area contributed by atoms with Crippen LogP contribution in [-0.4, -0.2) is 49.4 Å². The molecule has 1 N–H and O–H groups in total. The lowest BCUT2D eigenvalue weighted by Gasteiger charge is -2.30. The van der Waals surface area contributed by atoms with E-state index in [1.54, 1.807) is 24.0 Å². The van der Waals surface area contributed by atoms with Gasteiger partial charge in [-0.25, -0.2) is 12.8 Å². The third kappa shape index (κ3) is 3.97. The van der Waals surface area contributed by atoms with Gasteiger partial charge in [0.05, 0.1) is 11.5 Å². The van der Waals surface area contributed by atoms with Gasteiger partial charge in [0, 0.05) is 18.3 Å². The first-order chi connectivity index (χ1) is 10.3. The second-order valence-electron chi connectivity index (χ2n) is 5.55. The number of nitrogens with one attached hydrogen (secondary N) is 1. The number of amides is 1. The summed E-state index contributed by atoms with van der Waals surface area (Å²) in [6.45, 7) is 4.03. The largest absolute Gasteiger partial charge is 0.374 e. The van der Waals surface area contributed by atoms with Crippen LogP contribution in [-0.2, 0) is 14.6 Å². The second-order valence-corrected chi connectivity index (χ2v) is 7.78. The van der Waals surface area contributed by atoms with Gasteiger partial charge in [-0.15, -0.1) is 0 Å². The second kappa shape index (κ2) is 6.64. The van der Waals surface area contributed by atoms with Crippen LogP contribution in [0.5, 0.6) is 0 Å². The highest BCUT2D eigenvalue weighted by atomic mass is 32.2. The Hall–Kier alpha value is -1.63. The minimum Gasteiger partial charge on any atom is -0.374 e. The number of nitrogens with zero attached hydrogens (tertiary/aromatic N) is 1. The summed E-state index contributed by atoms with van der Waals surface area (Å²) in [5.74, 6) is -0.304. The lowest BCUT2D eigenvalue weighted by atomic mass is 10.1. The molecule has 0 bridgehead atoms. The molecule has 1 fully saturated rings. The average Bonchev–Trinajstić information content (AvgIpc) is 2.82. The zero-order valence-electron chi connectivity index (χ0n) is 12.8. The third-order valence-electron chi connectivity index (χ3n) is 3.87. The van der Waals surface area contributed by atoms with Gasteiger partial charge in [0.1, 0.15) is 11.9 Å². The van der Waals surface area contributed by atoms with E-state index in [9.17, 15) is 17.6 Å². The van der Waals surface area contributed by atoms with Gasteiger partial charge in [-0.05, 0) is 44.5 Å². The molecule has 0 saturated carbocycles. The van der Waals surface area contributed by atoms with Crippen LogP contribution in [0.2, 0.25) is 0 Å². The molecule has 1 aliphatic rings. The van der Waals surface area contributed by atoms with Crippen LogP contribution < -0.4 is 5.32 Å². The molecule has 1 saturated heterocycles. The lowest BCUT2D eigenvalue weighted by molar-refractivity contribution is -0.133. The highest BCUT2D eigenvalue weighted by molar-refractivity contribution is 7.91. The van der Waals surface area contributed by atoms with E-state index in [0.717, 1.165) is 0 Å². The Labute approximate surface area is 130 Å². The molecule has 7 heteroatoms. The molecule has 2 atom stereocenters. The first-order valence-electron chi connectivity index (χ1n) is 7.35. The molecule has 2 rings (SSSR count). The Morgan fingerprint density at radius 3 is 2.55 bits per heavy atom. The van der Waals surface area contributed by atoms with E-state index in [2.05, 4.69) is 5.32 Å². The molecule has 1 amide bonds. The van der Waals surface area contributed by atoms with E-state index in [1.807, 2.05) is 6.92 Å². The van der Waals surface area contributed by atoms with Gasteiger partial charge >= 0.3 is 0 Å². The predicted molar refractivity (Wildman–Crippen MR) is 83.9 cm³/mol. The van der Waals surface area contributed by atoms with Gasteiger partial charge in [0.2, 0.25) is 5.91 Å². The van der Waals surface area contributed by atoms with Gasteiger partial charge < -0.3 is 10.2 Å². The van der Waals surface area contributed by atoms with Crippen molar-refractivity contribution in [3.8, 4) is 0 Å². The maximum atomic E-state index is 12.9.